The van der Waals surface area contributed by atoms with Gasteiger partial charge in [0.2, 0.25) is 0 Å². The fraction of sp³-hybridized carbons (Fsp3) is 0.800. The Kier molecular flexibility index (Phi) is 1.01. The monoisotopic (exact) mass is 99.1 g/mol. The lowest BCUT2D eigenvalue weighted by molar-refractivity contribution is -0.507. The fourth-order valence-electron chi connectivity index (χ4n) is 0.675. The van der Waals surface area contributed by atoms with Crippen molar-refractivity contribution < 1.29 is 4.74 Å². The number of hydrogen-bond acceptors (Lipinski definition) is 1. The molecule has 40 valence electrons. The summed E-state index contributed by atoms with van der Waals surface area (Å²) in [6.07, 6.45) is 3.30. The zero-order chi connectivity index (χ0) is 5.28. The first-order chi connectivity index (χ1) is 3.30. The van der Waals surface area contributed by atoms with Crippen LogP contribution in [0.15, 0.2) is 0 Å². The molecule has 2 nitrogen and oxygen atoms in total. The highest BCUT2D eigenvalue weighted by Crippen LogP contribution is 2.20. The average Bonchev–Trinajstić information content (AvgIpc) is 1.23. The Morgan fingerprint density at radius 3 is 2.14 bits per heavy atom. The molecule has 0 aromatic rings. The van der Waals surface area contributed by atoms with Crippen LogP contribution >= 0.6 is 0 Å². The molecular formula is C5H9NO. The molecule has 0 atom stereocenters. The Labute approximate surface area is 43.0 Å². The zero-order valence-electron chi connectivity index (χ0n) is 4.26. The summed E-state index contributed by atoms with van der Waals surface area (Å²) in [5.41, 5.74) is 0. The van der Waals surface area contributed by atoms with E-state index in [0.29, 0.717) is 0 Å². The van der Waals surface area contributed by atoms with Crippen molar-refractivity contribution in [2.45, 2.75) is 25.3 Å². The van der Waals surface area contributed by atoms with Gasteiger partial charge in [-0.1, -0.05) is 0 Å². The molecule has 0 unspecified atom stereocenters. The molecule has 0 radical (unpaired) electrons. The SMILES string of the molecule is C=[N+]([O-])C1CCC1. The van der Waals surface area contributed by atoms with Crippen LogP contribution in [0.3, 0.4) is 0 Å². The minimum absolute atomic E-state index is 0.250. The van der Waals surface area contributed by atoms with E-state index in [1.54, 1.807) is 0 Å². The maximum Gasteiger partial charge on any atom is 0.162 e. The Hall–Kier alpha value is -0.530. The van der Waals surface area contributed by atoms with Gasteiger partial charge in [0.05, 0.1) is 0 Å². The summed E-state index contributed by atoms with van der Waals surface area (Å²) >= 11 is 0. The van der Waals surface area contributed by atoms with E-state index in [0.717, 1.165) is 17.6 Å². The molecule has 0 amide bonds. The normalized spacial score (nSPS) is 21.1. The first-order valence-corrected chi connectivity index (χ1v) is 2.57. The summed E-state index contributed by atoms with van der Waals surface area (Å²) in [5, 5.41) is 10.2. The largest absolute Gasteiger partial charge is 0.624 e. The van der Waals surface area contributed by atoms with Crippen LogP contribution in [-0.2, 0) is 0 Å². The molecule has 0 spiro atoms. The van der Waals surface area contributed by atoms with Crippen LogP contribution in [-0.4, -0.2) is 17.5 Å². The van der Waals surface area contributed by atoms with E-state index >= 15 is 0 Å². The van der Waals surface area contributed by atoms with Gasteiger partial charge in [0.1, 0.15) is 6.72 Å². The summed E-state index contributed by atoms with van der Waals surface area (Å²) in [4.78, 5) is 0. The third-order valence-corrected chi connectivity index (χ3v) is 1.48. The van der Waals surface area contributed by atoms with E-state index in [1.165, 1.54) is 6.42 Å². The Bertz CT molecular complexity index is 86.1. The third kappa shape index (κ3) is 0.734. The van der Waals surface area contributed by atoms with Crippen molar-refractivity contribution in [2.24, 2.45) is 0 Å². The summed E-state index contributed by atoms with van der Waals surface area (Å²) in [5.74, 6) is 0. The number of rotatable bonds is 1. The van der Waals surface area contributed by atoms with E-state index < -0.39 is 0 Å². The minimum Gasteiger partial charge on any atom is -0.624 e. The van der Waals surface area contributed by atoms with Crippen molar-refractivity contribution >= 4 is 6.72 Å². The van der Waals surface area contributed by atoms with E-state index in [4.69, 9.17) is 0 Å². The Morgan fingerprint density at radius 2 is 2.14 bits per heavy atom. The summed E-state index contributed by atoms with van der Waals surface area (Å²) in [6.45, 7) is 3.24. The van der Waals surface area contributed by atoms with Gasteiger partial charge in [-0.15, -0.1) is 0 Å². The molecule has 1 saturated carbocycles. The molecule has 1 aliphatic carbocycles. The Morgan fingerprint density at radius 1 is 1.57 bits per heavy atom. The van der Waals surface area contributed by atoms with Gasteiger partial charge in [-0.2, -0.15) is 0 Å². The molecule has 0 aromatic carbocycles. The predicted molar refractivity (Wildman–Crippen MR) is 28.4 cm³/mol. The van der Waals surface area contributed by atoms with Crippen LogP contribution in [0.5, 0.6) is 0 Å². The summed E-state index contributed by atoms with van der Waals surface area (Å²) in [6, 6.07) is 0.250. The van der Waals surface area contributed by atoms with E-state index in [1.807, 2.05) is 0 Å². The minimum atomic E-state index is 0.250. The highest BCUT2D eigenvalue weighted by Gasteiger charge is 2.22. The molecular weight excluding hydrogens is 90.1 g/mol. The molecule has 0 saturated heterocycles. The van der Waals surface area contributed by atoms with Crippen LogP contribution in [0, 0.1) is 5.21 Å². The Balaban J connectivity index is 2.27. The van der Waals surface area contributed by atoms with Crippen LogP contribution in [0.4, 0.5) is 0 Å². The maximum atomic E-state index is 10.2. The van der Waals surface area contributed by atoms with Crippen LogP contribution in [0.2, 0.25) is 0 Å². The first kappa shape index (κ1) is 4.62. The number of nitrogens with zero attached hydrogens (tertiary/aromatic N) is 1. The average molecular weight is 99.1 g/mol. The van der Waals surface area contributed by atoms with E-state index in [-0.39, 0.29) is 6.04 Å². The standard InChI is InChI=1S/C5H9NO/c1-6(7)5-3-2-4-5/h5H,1-4H2. The molecule has 1 rings (SSSR count). The molecule has 2 heteroatoms. The lowest BCUT2D eigenvalue weighted by Crippen LogP contribution is -2.27. The number of hydroxylamine groups is 1. The molecule has 1 aliphatic rings. The summed E-state index contributed by atoms with van der Waals surface area (Å²) in [7, 11) is 0. The van der Waals surface area contributed by atoms with Crippen molar-refractivity contribution in [1.29, 1.82) is 0 Å². The van der Waals surface area contributed by atoms with Gasteiger partial charge in [0, 0.05) is 12.8 Å². The van der Waals surface area contributed by atoms with Crippen molar-refractivity contribution in [3.8, 4) is 0 Å². The highest BCUT2D eigenvalue weighted by atomic mass is 16.5. The molecule has 0 heterocycles. The van der Waals surface area contributed by atoms with Gasteiger partial charge in [-0.3, -0.25) is 0 Å². The summed E-state index contributed by atoms with van der Waals surface area (Å²) < 4.78 is 0.809. The van der Waals surface area contributed by atoms with Crippen molar-refractivity contribution in [3.63, 3.8) is 0 Å². The van der Waals surface area contributed by atoms with Gasteiger partial charge in [-0.05, 0) is 6.42 Å². The van der Waals surface area contributed by atoms with Gasteiger partial charge in [-0.25, -0.2) is 4.74 Å². The van der Waals surface area contributed by atoms with Crippen molar-refractivity contribution in [2.75, 3.05) is 0 Å². The second kappa shape index (κ2) is 1.52. The smallest absolute Gasteiger partial charge is 0.162 e. The first-order valence-electron chi connectivity index (χ1n) is 2.57. The third-order valence-electron chi connectivity index (χ3n) is 1.48. The van der Waals surface area contributed by atoms with Crippen molar-refractivity contribution in [1.82, 2.24) is 0 Å². The van der Waals surface area contributed by atoms with E-state index in [9.17, 15) is 5.21 Å². The molecule has 0 N–H and O–H groups in total. The molecule has 7 heavy (non-hydrogen) atoms. The second-order valence-corrected chi connectivity index (χ2v) is 2.00. The fourth-order valence-corrected chi connectivity index (χ4v) is 0.675. The van der Waals surface area contributed by atoms with Gasteiger partial charge in [0.25, 0.3) is 0 Å². The number of hydrogen-bond donors (Lipinski definition) is 0. The second-order valence-electron chi connectivity index (χ2n) is 2.00. The molecule has 0 bridgehead atoms. The van der Waals surface area contributed by atoms with Crippen LogP contribution in [0.25, 0.3) is 0 Å². The van der Waals surface area contributed by atoms with Crippen molar-refractivity contribution in [3.05, 3.63) is 5.21 Å². The highest BCUT2D eigenvalue weighted by molar-refractivity contribution is 5.15. The topological polar surface area (TPSA) is 26.1 Å². The molecule has 1 fully saturated rings. The lowest BCUT2D eigenvalue weighted by atomic mass is 9.94. The predicted octanol–water partition coefficient (Wildman–Crippen LogP) is 0.750. The molecule has 0 aromatic heterocycles. The molecule has 0 aliphatic heterocycles. The van der Waals surface area contributed by atoms with Crippen LogP contribution < -0.4 is 0 Å². The van der Waals surface area contributed by atoms with Gasteiger partial charge < -0.3 is 5.21 Å². The quantitative estimate of drug-likeness (QED) is 0.206. The maximum absolute atomic E-state index is 10.2. The zero-order valence-corrected chi connectivity index (χ0v) is 4.26. The van der Waals surface area contributed by atoms with Gasteiger partial charge in [0.15, 0.2) is 6.04 Å². The van der Waals surface area contributed by atoms with E-state index in [2.05, 4.69) is 6.72 Å². The lowest BCUT2D eigenvalue weighted by Gasteiger charge is -2.22. The van der Waals surface area contributed by atoms with Crippen LogP contribution in [0.1, 0.15) is 19.3 Å². The van der Waals surface area contributed by atoms with Gasteiger partial charge >= 0.3 is 0 Å².